The van der Waals surface area contributed by atoms with Crippen molar-refractivity contribution in [3.05, 3.63) is 53.1 Å². The molecule has 0 spiro atoms. The van der Waals surface area contributed by atoms with Crippen LogP contribution in [0.5, 0.6) is 5.75 Å². The third-order valence-corrected chi connectivity index (χ3v) is 6.13. The van der Waals surface area contributed by atoms with Gasteiger partial charge in [-0.2, -0.15) is 0 Å². The Morgan fingerprint density at radius 1 is 1.07 bits per heavy atom. The first-order chi connectivity index (χ1) is 19.0. The van der Waals surface area contributed by atoms with Crippen LogP contribution in [0.15, 0.2) is 41.4 Å². The summed E-state index contributed by atoms with van der Waals surface area (Å²) in [5.41, 5.74) is 23.0. The van der Waals surface area contributed by atoms with Gasteiger partial charge in [0.2, 0.25) is 17.7 Å². The van der Waals surface area contributed by atoms with Crippen LogP contribution in [0.1, 0.15) is 52.5 Å². The number of nitrogens with two attached hydrogens (primary N) is 4. The summed E-state index contributed by atoms with van der Waals surface area (Å²) in [7, 11) is 0. The van der Waals surface area contributed by atoms with Gasteiger partial charge in [-0.3, -0.25) is 19.2 Å². The Bertz CT molecular complexity index is 1310. The summed E-state index contributed by atoms with van der Waals surface area (Å²) in [5.74, 6) is -2.92. The van der Waals surface area contributed by atoms with Crippen LogP contribution in [-0.2, 0) is 16.2 Å². The number of carbonyl (C=O) groups excluding carboxylic acids is 4. The Labute approximate surface area is 230 Å². The molecule has 214 valence electrons. The fourth-order valence-electron chi connectivity index (χ4n) is 4.03. The summed E-state index contributed by atoms with van der Waals surface area (Å²) in [6.45, 7) is 1.58. The molecule has 0 radical (unpaired) electrons. The third-order valence-electron chi connectivity index (χ3n) is 6.13. The number of rotatable bonds is 7. The Balaban J connectivity index is 2.12. The van der Waals surface area contributed by atoms with Crippen molar-refractivity contribution in [2.24, 2.45) is 27.9 Å². The quantitative estimate of drug-likeness (QED) is 0.122. The zero-order valence-electron chi connectivity index (χ0n) is 22.0. The molecule has 40 heavy (non-hydrogen) atoms. The van der Waals surface area contributed by atoms with Crippen molar-refractivity contribution in [3.63, 3.8) is 0 Å². The number of primary amides is 1. The zero-order valence-corrected chi connectivity index (χ0v) is 22.0. The van der Waals surface area contributed by atoms with Crippen LogP contribution in [0.25, 0.3) is 0 Å². The minimum Gasteiger partial charge on any atom is -0.488 e. The number of carbonyl (C=O) groups is 4. The largest absolute Gasteiger partial charge is 0.488 e. The predicted molar refractivity (Wildman–Crippen MR) is 148 cm³/mol. The molecule has 2 aromatic rings. The van der Waals surface area contributed by atoms with Gasteiger partial charge in [-0.1, -0.05) is 6.07 Å². The zero-order chi connectivity index (χ0) is 29.4. The van der Waals surface area contributed by atoms with Gasteiger partial charge >= 0.3 is 0 Å². The van der Waals surface area contributed by atoms with E-state index in [-0.39, 0.29) is 47.2 Å². The first-order valence-corrected chi connectivity index (χ1v) is 12.6. The number of guanidine groups is 1. The molecule has 0 aromatic heterocycles. The van der Waals surface area contributed by atoms with Gasteiger partial charge in [-0.15, -0.1) is 0 Å². The summed E-state index contributed by atoms with van der Waals surface area (Å²) in [5, 5.41) is 18.2. The van der Waals surface area contributed by atoms with Gasteiger partial charge in [0.05, 0.1) is 17.4 Å². The standard InChI is InChI=1S/C26H34N8O6/c1-13(35)21-25(39)33-19-10-14(22(28)36)5-6-15(19)12-40-20-8-7-16(31-26(29)30)11-17(20)23(37)32-18(24(38)34-21)4-2-3-9-27/h5-8,10-11,13,18,21,35H,2-4,9,12,27H2,1H3,(H2,28,36)(H,32,37)(H,33,39)(H,34,38)(H4,29,30,31)/t13-,18-,21+/m1/s1. The van der Waals surface area contributed by atoms with Crippen LogP contribution in [0.3, 0.4) is 0 Å². The first kappa shape index (κ1) is 29.9. The molecule has 3 atom stereocenters. The van der Waals surface area contributed by atoms with Gasteiger partial charge in [-0.25, -0.2) is 4.99 Å². The number of aliphatic imine (C=N–C) groups is 1. The van der Waals surface area contributed by atoms with Crippen molar-refractivity contribution in [2.45, 2.75) is 51.0 Å². The highest BCUT2D eigenvalue weighted by atomic mass is 16.5. The van der Waals surface area contributed by atoms with E-state index in [9.17, 15) is 24.3 Å². The second kappa shape index (κ2) is 13.4. The van der Waals surface area contributed by atoms with Gasteiger partial charge in [0.1, 0.15) is 24.4 Å². The van der Waals surface area contributed by atoms with E-state index in [1.54, 1.807) is 0 Å². The molecule has 0 saturated carbocycles. The van der Waals surface area contributed by atoms with Gasteiger partial charge in [0.25, 0.3) is 5.91 Å². The smallest absolute Gasteiger partial charge is 0.255 e. The number of hydrogen-bond donors (Lipinski definition) is 8. The lowest BCUT2D eigenvalue weighted by molar-refractivity contribution is -0.130. The number of unbranched alkanes of at least 4 members (excludes halogenated alkanes) is 1. The molecule has 14 nitrogen and oxygen atoms in total. The van der Waals surface area contributed by atoms with Gasteiger partial charge in [0.15, 0.2) is 5.96 Å². The average molecular weight is 555 g/mol. The van der Waals surface area contributed by atoms with Crippen LogP contribution in [-0.4, -0.2) is 59.4 Å². The molecule has 1 aliphatic heterocycles. The number of aliphatic hydroxyl groups is 1. The molecule has 0 saturated heterocycles. The Hall–Kier alpha value is -4.69. The molecule has 2 aromatic carbocycles. The number of nitrogens with zero attached hydrogens (tertiary/aromatic N) is 1. The number of ether oxygens (including phenoxy) is 1. The SMILES string of the molecule is C[C@@H](O)[C@@H]1NC(=O)[C@@H](CCCCN)NC(=O)c2cc(N=C(N)N)ccc2OCc2ccc(C(N)=O)cc2NC1=O. The van der Waals surface area contributed by atoms with Crippen LogP contribution in [0.4, 0.5) is 11.4 Å². The van der Waals surface area contributed by atoms with Crippen molar-refractivity contribution < 1.29 is 29.0 Å². The lowest BCUT2D eigenvalue weighted by Crippen LogP contribution is -2.56. The molecule has 0 bridgehead atoms. The van der Waals surface area contributed by atoms with E-state index in [2.05, 4.69) is 20.9 Å². The minimum absolute atomic E-state index is 0.0441. The molecule has 0 aliphatic carbocycles. The molecule has 3 rings (SSSR count). The van der Waals surface area contributed by atoms with Crippen molar-refractivity contribution in [1.82, 2.24) is 10.6 Å². The lowest BCUT2D eigenvalue weighted by atomic mass is 10.0. The average Bonchev–Trinajstić information content (AvgIpc) is 2.89. The van der Waals surface area contributed by atoms with E-state index < -0.39 is 41.8 Å². The van der Waals surface area contributed by atoms with E-state index in [1.807, 2.05) is 0 Å². The minimum atomic E-state index is -1.39. The molecule has 14 heteroatoms. The Kier molecular flexibility index (Phi) is 10.00. The summed E-state index contributed by atoms with van der Waals surface area (Å²) in [4.78, 5) is 55.7. The maximum atomic E-state index is 13.5. The Morgan fingerprint density at radius 3 is 2.48 bits per heavy atom. The highest BCUT2D eigenvalue weighted by molar-refractivity contribution is 6.03. The number of nitrogens with one attached hydrogen (secondary N) is 3. The molecule has 0 unspecified atom stereocenters. The summed E-state index contributed by atoms with van der Waals surface area (Å²) in [6, 6.07) is 6.30. The Morgan fingerprint density at radius 2 is 1.82 bits per heavy atom. The maximum absolute atomic E-state index is 13.5. The van der Waals surface area contributed by atoms with E-state index in [4.69, 9.17) is 27.7 Å². The number of benzene rings is 2. The second-order valence-corrected chi connectivity index (χ2v) is 9.27. The van der Waals surface area contributed by atoms with E-state index >= 15 is 0 Å². The van der Waals surface area contributed by atoms with Crippen molar-refractivity contribution >= 4 is 41.0 Å². The fraction of sp³-hybridized carbons (Fsp3) is 0.346. The van der Waals surface area contributed by atoms with Crippen LogP contribution < -0.4 is 43.6 Å². The number of anilines is 1. The number of hydrogen-bond acceptors (Lipinski definition) is 8. The highest BCUT2D eigenvalue weighted by Gasteiger charge is 2.31. The van der Waals surface area contributed by atoms with Crippen molar-refractivity contribution in [2.75, 3.05) is 11.9 Å². The molecule has 0 fully saturated rings. The topological polar surface area (TPSA) is 250 Å². The van der Waals surface area contributed by atoms with Crippen LogP contribution in [0, 0.1) is 0 Å². The van der Waals surface area contributed by atoms with Gasteiger partial charge < -0.3 is 48.7 Å². The molecule has 12 N–H and O–H groups in total. The van der Waals surface area contributed by atoms with E-state index in [0.29, 0.717) is 24.9 Å². The van der Waals surface area contributed by atoms with E-state index in [0.717, 1.165) is 0 Å². The normalized spacial score (nSPS) is 18.4. The molecular formula is C26H34N8O6. The first-order valence-electron chi connectivity index (χ1n) is 12.6. The van der Waals surface area contributed by atoms with Gasteiger partial charge in [-0.05, 0) is 63.1 Å². The molecule has 4 amide bonds. The fourth-order valence-corrected chi connectivity index (χ4v) is 4.03. The predicted octanol–water partition coefficient (Wildman–Crippen LogP) is -0.685. The highest BCUT2D eigenvalue weighted by Crippen LogP contribution is 2.28. The summed E-state index contributed by atoms with van der Waals surface area (Å²) in [6.07, 6.45) is -0.00886. The maximum Gasteiger partial charge on any atom is 0.255 e. The van der Waals surface area contributed by atoms with Crippen molar-refractivity contribution in [3.8, 4) is 5.75 Å². The third kappa shape index (κ3) is 7.68. The van der Waals surface area contributed by atoms with E-state index in [1.165, 1.54) is 43.3 Å². The number of amides is 4. The molecule has 1 heterocycles. The number of aliphatic hydroxyl groups excluding tert-OH is 1. The molecular weight excluding hydrogens is 520 g/mol. The number of fused-ring (bicyclic) bond motifs is 2. The summed E-state index contributed by atoms with van der Waals surface area (Å²) >= 11 is 0. The lowest BCUT2D eigenvalue weighted by Gasteiger charge is -2.26. The monoisotopic (exact) mass is 554 g/mol. The summed E-state index contributed by atoms with van der Waals surface area (Å²) < 4.78 is 5.95. The van der Waals surface area contributed by atoms with Gasteiger partial charge in [0, 0.05) is 16.8 Å². The van der Waals surface area contributed by atoms with Crippen molar-refractivity contribution in [1.29, 1.82) is 0 Å². The second-order valence-electron chi connectivity index (χ2n) is 9.27. The molecule has 1 aliphatic rings. The van der Waals surface area contributed by atoms with Crippen LogP contribution in [0.2, 0.25) is 0 Å². The van der Waals surface area contributed by atoms with Crippen LogP contribution >= 0.6 is 0 Å².